The van der Waals surface area contributed by atoms with E-state index in [0.29, 0.717) is 17.3 Å². The highest BCUT2D eigenvalue weighted by atomic mass is 32.2. The standard InChI is InChI=1S/C15H10F3NO2S/c16-15(17,18)12-6-11(7-19-8-12)14-13(9-22(14,20)21)10-4-2-1-3-5-10/h1-8H,9H2. The van der Waals surface area contributed by atoms with Crippen molar-refractivity contribution in [1.29, 1.82) is 0 Å². The molecule has 3 nitrogen and oxygen atoms in total. The molecule has 0 fully saturated rings. The molecule has 3 rings (SSSR count). The van der Waals surface area contributed by atoms with Crippen LogP contribution in [0, 0.1) is 0 Å². The number of rotatable bonds is 2. The second-order valence-corrected chi connectivity index (χ2v) is 6.82. The lowest BCUT2D eigenvalue weighted by Crippen LogP contribution is -2.23. The van der Waals surface area contributed by atoms with Crippen LogP contribution in [0.15, 0.2) is 48.8 Å². The molecule has 1 aromatic heterocycles. The Morgan fingerprint density at radius 1 is 1.00 bits per heavy atom. The van der Waals surface area contributed by atoms with Crippen molar-refractivity contribution < 1.29 is 21.6 Å². The second-order valence-electron chi connectivity index (χ2n) is 4.89. The fourth-order valence-electron chi connectivity index (χ4n) is 2.36. The lowest BCUT2D eigenvalue weighted by Gasteiger charge is -2.25. The Kier molecular flexibility index (Phi) is 3.32. The van der Waals surface area contributed by atoms with Gasteiger partial charge < -0.3 is 0 Å². The number of aromatic nitrogens is 1. The minimum atomic E-state index is -4.57. The topological polar surface area (TPSA) is 47.0 Å². The van der Waals surface area contributed by atoms with Gasteiger partial charge in [0.05, 0.1) is 16.2 Å². The SMILES string of the molecule is O=S1(=O)CC(c2ccccc2)=C1c1cncc(C(F)(F)F)c1. The highest BCUT2D eigenvalue weighted by Crippen LogP contribution is 2.42. The highest BCUT2D eigenvalue weighted by molar-refractivity contribution is 8.03. The van der Waals surface area contributed by atoms with Crippen molar-refractivity contribution in [3.63, 3.8) is 0 Å². The number of halogens is 3. The molecule has 0 N–H and O–H groups in total. The van der Waals surface area contributed by atoms with E-state index in [1.165, 1.54) is 0 Å². The first-order chi connectivity index (χ1) is 10.3. The summed E-state index contributed by atoms with van der Waals surface area (Å²) in [5.41, 5.74) is 0.207. The van der Waals surface area contributed by atoms with Gasteiger partial charge in [-0.25, -0.2) is 8.42 Å². The van der Waals surface area contributed by atoms with Crippen LogP contribution in [-0.4, -0.2) is 19.2 Å². The predicted molar refractivity (Wildman–Crippen MR) is 76.3 cm³/mol. The molecule has 7 heteroatoms. The maximum atomic E-state index is 12.8. The first-order valence-electron chi connectivity index (χ1n) is 6.33. The van der Waals surface area contributed by atoms with Gasteiger partial charge in [0.2, 0.25) is 0 Å². The number of pyridine rings is 1. The first kappa shape index (κ1) is 14.8. The van der Waals surface area contributed by atoms with Gasteiger partial charge in [-0.05, 0) is 17.2 Å². The molecular formula is C15H10F3NO2S. The molecule has 22 heavy (non-hydrogen) atoms. The summed E-state index contributed by atoms with van der Waals surface area (Å²) in [6, 6.07) is 9.55. The Morgan fingerprint density at radius 3 is 2.27 bits per heavy atom. The van der Waals surface area contributed by atoms with E-state index in [4.69, 9.17) is 0 Å². The lowest BCUT2D eigenvalue weighted by molar-refractivity contribution is -0.137. The maximum absolute atomic E-state index is 12.8. The molecule has 0 spiro atoms. The van der Waals surface area contributed by atoms with Gasteiger partial charge in [0, 0.05) is 18.0 Å². The van der Waals surface area contributed by atoms with Crippen molar-refractivity contribution in [1.82, 2.24) is 4.98 Å². The van der Waals surface area contributed by atoms with Crippen molar-refractivity contribution in [3.8, 4) is 0 Å². The van der Waals surface area contributed by atoms with Crippen molar-refractivity contribution in [2.45, 2.75) is 6.18 Å². The van der Waals surface area contributed by atoms with Crippen LogP contribution in [-0.2, 0) is 16.0 Å². The van der Waals surface area contributed by atoms with Crippen LogP contribution >= 0.6 is 0 Å². The zero-order chi connectivity index (χ0) is 16.0. The average Bonchev–Trinajstić information content (AvgIpc) is 2.45. The highest BCUT2D eigenvalue weighted by Gasteiger charge is 2.38. The number of hydrogen-bond donors (Lipinski definition) is 0. The molecule has 1 aliphatic rings. The summed E-state index contributed by atoms with van der Waals surface area (Å²) in [4.78, 5) is 3.46. The van der Waals surface area contributed by atoms with Crippen molar-refractivity contribution in [2.75, 3.05) is 5.75 Å². The van der Waals surface area contributed by atoms with E-state index in [0.717, 1.165) is 12.3 Å². The molecule has 1 aliphatic heterocycles. The minimum Gasteiger partial charge on any atom is -0.263 e. The second kappa shape index (κ2) is 4.95. The lowest BCUT2D eigenvalue weighted by atomic mass is 10.0. The molecule has 0 unspecified atom stereocenters. The van der Waals surface area contributed by atoms with E-state index in [9.17, 15) is 21.6 Å². The molecular weight excluding hydrogens is 315 g/mol. The van der Waals surface area contributed by atoms with Crippen molar-refractivity contribution in [2.24, 2.45) is 0 Å². The van der Waals surface area contributed by atoms with Gasteiger partial charge in [-0.2, -0.15) is 13.2 Å². The molecule has 2 aromatic rings. The number of sulfone groups is 1. The van der Waals surface area contributed by atoms with Crippen molar-refractivity contribution >= 4 is 20.3 Å². The zero-order valence-corrected chi connectivity index (χ0v) is 11.9. The maximum Gasteiger partial charge on any atom is 0.417 e. The average molecular weight is 325 g/mol. The molecule has 0 amide bonds. The third-order valence-corrected chi connectivity index (χ3v) is 5.14. The van der Waals surface area contributed by atoms with E-state index >= 15 is 0 Å². The Bertz CT molecular complexity index is 856. The number of nitrogens with zero attached hydrogens (tertiary/aromatic N) is 1. The minimum absolute atomic E-state index is 0.0278. The van der Waals surface area contributed by atoms with E-state index in [1.54, 1.807) is 30.3 Å². The van der Waals surface area contributed by atoms with Crippen LogP contribution in [0.3, 0.4) is 0 Å². The van der Waals surface area contributed by atoms with Gasteiger partial charge in [-0.15, -0.1) is 0 Å². The quantitative estimate of drug-likeness (QED) is 0.850. The van der Waals surface area contributed by atoms with Crippen LogP contribution in [0.25, 0.3) is 10.5 Å². The van der Waals surface area contributed by atoms with Gasteiger partial charge in [-0.3, -0.25) is 4.98 Å². The van der Waals surface area contributed by atoms with Crippen molar-refractivity contribution in [3.05, 3.63) is 65.5 Å². The summed E-state index contributed by atoms with van der Waals surface area (Å²) in [6.45, 7) is 0. The van der Waals surface area contributed by atoms with Gasteiger partial charge >= 0.3 is 6.18 Å². The van der Waals surface area contributed by atoms with Crippen LogP contribution in [0.2, 0.25) is 0 Å². The monoisotopic (exact) mass is 325 g/mol. The normalized spacial score (nSPS) is 17.2. The van der Waals surface area contributed by atoms with Crippen LogP contribution < -0.4 is 0 Å². The molecule has 0 aliphatic carbocycles. The fraction of sp³-hybridized carbons (Fsp3) is 0.133. The number of alkyl halides is 3. The van der Waals surface area contributed by atoms with E-state index < -0.39 is 21.6 Å². The molecule has 0 saturated carbocycles. The molecule has 2 heterocycles. The molecule has 0 bridgehead atoms. The summed E-state index contributed by atoms with van der Waals surface area (Å²) < 4.78 is 62.3. The Balaban J connectivity index is 2.17. The Morgan fingerprint density at radius 2 is 1.68 bits per heavy atom. The molecule has 0 radical (unpaired) electrons. The third kappa shape index (κ3) is 2.52. The molecule has 0 saturated heterocycles. The number of benzene rings is 1. The van der Waals surface area contributed by atoms with Crippen LogP contribution in [0.1, 0.15) is 16.7 Å². The van der Waals surface area contributed by atoms with Gasteiger partial charge in [0.25, 0.3) is 0 Å². The zero-order valence-electron chi connectivity index (χ0n) is 11.1. The molecule has 0 atom stereocenters. The summed E-state index contributed by atoms with van der Waals surface area (Å²) in [6.07, 6.45) is -2.74. The van der Waals surface area contributed by atoms with Gasteiger partial charge in [-0.1, -0.05) is 30.3 Å². The molecule has 114 valence electrons. The fourth-order valence-corrected chi connectivity index (χ4v) is 3.99. The van der Waals surface area contributed by atoms with E-state index in [1.807, 2.05) is 0 Å². The van der Waals surface area contributed by atoms with Crippen LogP contribution in [0.4, 0.5) is 13.2 Å². The summed E-state index contributed by atoms with van der Waals surface area (Å²) in [7, 11) is -3.56. The largest absolute Gasteiger partial charge is 0.417 e. The molecule has 1 aromatic carbocycles. The first-order valence-corrected chi connectivity index (χ1v) is 7.98. The summed E-state index contributed by atoms with van der Waals surface area (Å²) >= 11 is 0. The Labute approximate surface area is 125 Å². The summed E-state index contributed by atoms with van der Waals surface area (Å²) in [5.74, 6) is -0.178. The van der Waals surface area contributed by atoms with Crippen LogP contribution in [0.5, 0.6) is 0 Å². The summed E-state index contributed by atoms with van der Waals surface area (Å²) in [5, 5.41) is 0. The van der Waals surface area contributed by atoms with Gasteiger partial charge in [0.15, 0.2) is 9.84 Å². The number of hydrogen-bond acceptors (Lipinski definition) is 3. The third-order valence-electron chi connectivity index (χ3n) is 3.37. The smallest absolute Gasteiger partial charge is 0.263 e. The van der Waals surface area contributed by atoms with E-state index in [-0.39, 0.29) is 16.2 Å². The Hall–Kier alpha value is -2.15. The predicted octanol–water partition coefficient (Wildman–Crippen LogP) is 3.40. The van der Waals surface area contributed by atoms with E-state index in [2.05, 4.69) is 4.98 Å². The van der Waals surface area contributed by atoms with Gasteiger partial charge in [0.1, 0.15) is 0 Å².